The number of ether oxygens (including phenoxy) is 1. The van der Waals surface area contributed by atoms with Crippen LogP contribution in [0.25, 0.3) is 22.2 Å². The average molecular weight is 441 g/mol. The Hall–Kier alpha value is -4.26. The second-order valence-electron chi connectivity index (χ2n) is 7.74. The lowest BCUT2D eigenvalue weighted by Crippen LogP contribution is -2.30. The minimum Gasteiger partial charge on any atom is -0.497 e. The molecule has 0 saturated heterocycles. The van der Waals surface area contributed by atoms with Gasteiger partial charge in [0.1, 0.15) is 5.75 Å². The summed E-state index contributed by atoms with van der Waals surface area (Å²) in [4.78, 5) is 30.7. The zero-order chi connectivity index (χ0) is 23.5. The van der Waals surface area contributed by atoms with Crippen molar-refractivity contribution < 1.29 is 14.5 Å². The molecule has 1 aromatic heterocycles. The maximum absolute atomic E-state index is 13.6. The van der Waals surface area contributed by atoms with Crippen LogP contribution in [0.3, 0.4) is 0 Å². The summed E-state index contributed by atoms with van der Waals surface area (Å²) in [5.74, 6) is 0.545. The Morgan fingerprint density at radius 1 is 1.03 bits per heavy atom. The molecule has 166 valence electrons. The van der Waals surface area contributed by atoms with Gasteiger partial charge in [-0.1, -0.05) is 30.3 Å². The van der Waals surface area contributed by atoms with E-state index in [0.29, 0.717) is 22.3 Å². The van der Waals surface area contributed by atoms with Crippen LogP contribution in [-0.4, -0.2) is 34.9 Å². The van der Waals surface area contributed by atoms with E-state index in [1.807, 2.05) is 55.5 Å². The van der Waals surface area contributed by atoms with Crippen molar-refractivity contribution in [3.05, 3.63) is 100 Å². The maximum atomic E-state index is 13.6. The number of amides is 1. The second kappa shape index (κ2) is 9.08. The van der Waals surface area contributed by atoms with Crippen LogP contribution in [-0.2, 0) is 0 Å². The summed E-state index contributed by atoms with van der Waals surface area (Å²) in [5.41, 5.74) is 3.46. The molecule has 0 aliphatic carbocycles. The number of carbonyl (C=O) groups is 1. The van der Waals surface area contributed by atoms with Gasteiger partial charge in [-0.15, -0.1) is 0 Å². The minimum absolute atomic E-state index is 0.00338. The normalized spacial score (nSPS) is 11.7. The Morgan fingerprint density at radius 3 is 2.45 bits per heavy atom. The smallest absolute Gasteiger partial charge is 0.269 e. The van der Waals surface area contributed by atoms with Crippen LogP contribution < -0.4 is 4.74 Å². The van der Waals surface area contributed by atoms with Crippen LogP contribution in [0.2, 0.25) is 0 Å². The number of hydrogen-bond acceptors (Lipinski definition) is 5. The lowest BCUT2D eigenvalue weighted by Gasteiger charge is -2.26. The number of hydrogen-bond donors (Lipinski definition) is 0. The van der Waals surface area contributed by atoms with Gasteiger partial charge in [0.05, 0.1) is 34.8 Å². The van der Waals surface area contributed by atoms with E-state index in [1.54, 1.807) is 37.3 Å². The Morgan fingerprint density at radius 2 is 1.76 bits per heavy atom. The number of non-ortho nitro benzene ring substituents is 1. The SMILES string of the molecule is COc1ccc(-c2cc(C(=O)N(C)C(C)c3cccc([N+](=O)[O-])c3)c3ccccc3n2)cc1. The zero-order valence-electron chi connectivity index (χ0n) is 18.6. The van der Waals surface area contributed by atoms with Crippen molar-refractivity contribution in [3.8, 4) is 17.0 Å². The molecule has 1 unspecified atom stereocenters. The van der Waals surface area contributed by atoms with E-state index < -0.39 is 4.92 Å². The topological polar surface area (TPSA) is 85.6 Å². The van der Waals surface area contributed by atoms with Gasteiger partial charge in [0.15, 0.2) is 0 Å². The summed E-state index contributed by atoms with van der Waals surface area (Å²) >= 11 is 0. The first-order valence-electron chi connectivity index (χ1n) is 10.4. The fraction of sp³-hybridized carbons (Fsp3) is 0.154. The highest BCUT2D eigenvalue weighted by Gasteiger charge is 2.23. The van der Waals surface area contributed by atoms with Crippen LogP contribution in [0.15, 0.2) is 78.9 Å². The van der Waals surface area contributed by atoms with E-state index in [9.17, 15) is 14.9 Å². The quantitative estimate of drug-likeness (QED) is 0.285. The highest BCUT2D eigenvalue weighted by Crippen LogP contribution is 2.29. The van der Waals surface area contributed by atoms with Crippen LogP contribution >= 0.6 is 0 Å². The molecule has 4 rings (SSSR count). The molecule has 0 radical (unpaired) electrons. The number of benzene rings is 3. The van der Waals surface area contributed by atoms with Gasteiger partial charge in [-0.2, -0.15) is 0 Å². The Labute approximate surface area is 191 Å². The van der Waals surface area contributed by atoms with E-state index >= 15 is 0 Å². The molecule has 33 heavy (non-hydrogen) atoms. The van der Waals surface area contributed by atoms with Crippen molar-refractivity contribution in [1.29, 1.82) is 0 Å². The molecule has 0 aliphatic heterocycles. The first-order chi connectivity index (χ1) is 15.9. The second-order valence-corrected chi connectivity index (χ2v) is 7.74. The Balaban J connectivity index is 1.75. The fourth-order valence-corrected chi connectivity index (χ4v) is 3.75. The molecule has 0 bridgehead atoms. The molecule has 3 aromatic carbocycles. The first-order valence-corrected chi connectivity index (χ1v) is 10.4. The van der Waals surface area contributed by atoms with Crippen molar-refractivity contribution in [1.82, 2.24) is 9.88 Å². The molecule has 0 N–H and O–H groups in total. The van der Waals surface area contributed by atoms with Crippen molar-refractivity contribution in [2.24, 2.45) is 0 Å². The van der Waals surface area contributed by atoms with Crippen LogP contribution in [0.5, 0.6) is 5.75 Å². The van der Waals surface area contributed by atoms with Crippen LogP contribution in [0, 0.1) is 10.1 Å². The summed E-state index contributed by atoms with van der Waals surface area (Å²) < 4.78 is 5.24. The summed E-state index contributed by atoms with van der Waals surface area (Å²) in [7, 11) is 3.31. The lowest BCUT2D eigenvalue weighted by molar-refractivity contribution is -0.384. The number of nitro benzene ring substituents is 1. The molecule has 1 heterocycles. The van der Waals surface area contributed by atoms with E-state index in [2.05, 4.69) is 0 Å². The van der Waals surface area contributed by atoms with Gasteiger partial charge in [0.25, 0.3) is 11.6 Å². The molecule has 7 nitrogen and oxygen atoms in total. The van der Waals surface area contributed by atoms with Gasteiger partial charge in [0.2, 0.25) is 0 Å². The third-order valence-electron chi connectivity index (χ3n) is 5.80. The number of nitrogens with zero attached hydrogens (tertiary/aromatic N) is 3. The van der Waals surface area contributed by atoms with E-state index in [-0.39, 0.29) is 17.6 Å². The molecule has 7 heteroatoms. The summed E-state index contributed by atoms with van der Waals surface area (Å²) in [5, 5.41) is 11.9. The van der Waals surface area contributed by atoms with E-state index in [0.717, 1.165) is 16.7 Å². The fourth-order valence-electron chi connectivity index (χ4n) is 3.75. The molecule has 1 atom stereocenters. The number of fused-ring (bicyclic) bond motifs is 1. The van der Waals surface area contributed by atoms with Gasteiger partial charge in [-0.3, -0.25) is 14.9 Å². The van der Waals surface area contributed by atoms with Crippen molar-refractivity contribution in [3.63, 3.8) is 0 Å². The third-order valence-corrected chi connectivity index (χ3v) is 5.80. The zero-order valence-corrected chi connectivity index (χ0v) is 18.6. The number of nitro groups is 1. The summed E-state index contributed by atoms with van der Waals surface area (Å²) in [6.45, 7) is 1.85. The lowest BCUT2D eigenvalue weighted by atomic mass is 10.0. The number of carbonyl (C=O) groups excluding carboxylic acids is 1. The molecule has 0 aliphatic rings. The molecule has 1 amide bonds. The van der Waals surface area contributed by atoms with Crippen LogP contribution in [0.4, 0.5) is 5.69 Å². The summed E-state index contributed by atoms with van der Waals surface area (Å²) in [6.07, 6.45) is 0. The summed E-state index contributed by atoms with van der Waals surface area (Å²) in [6, 6.07) is 22.8. The number of methoxy groups -OCH3 is 1. The molecule has 4 aromatic rings. The van der Waals surface area contributed by atoms with Gasteiger partial charge in [-0.05, 0) is 48.9 Å². The van der Waals surface area contributed by atoms with E-state index in [1.165, 1.54) is 12.1 Å². The standard InChI is InChI=1S/C26H23N3O4/c1-17(19-7-6-8-20(15-19)29(31)32)28(2)26(30)23-16-25(18-11-13-21(33-3)14-12-18)27-24-10-5-4-9-22(23)24/h4-17H,1-3H3. The van der Waals surface area contributed by atoms with Crippen molar-refractivity contribution in [2.75, 3.05) is 14.2 Å². The Kier molecular flexibility index (Phi) is 6.04. The van der Waals surface area contributed by atoms with Gasteiger partial charge in [0, 0.05) is 30.1 Å². The monoisotopic (exact) mass is 441 g/mol. The average Bonchev–Trinajstić information content (AvgIpc) is 2.86. The predicted molar refractivity (Wildman–Crippen MR) is 127 cm³/mol. The maximum Gasteiger partial charge on any atom is 0.269 e. The van der Waals surface area contributed by atoms with Gasteiger partial charge < -0.3 is 9.64 Å². The Bertz CT molecular complexity index is 1340. The molecule has 0 saturated carbocycles. The van der Waals surface area contributed by atoms with Crippen LogP contribution in [0.1, 0.15) is 28.9 Å². The van der Waals surface area contributed by atoms with Gasteiger partial charge in [-0.25, -0.2) is 4.98 Å². The molecular weight excluding hydrogens is 418 g/mol. The first kappa shape index (κ1) is 22.0. The number of pyridine rings is 1. The molecule has 0 spiro atoms. The third kappa shape index (κ3) is 4.39. The number of para-hydroxylation sites is 1. The molecular formula is C26H23N3O4. The van der Waals surface area contributed by atoms with E-state index in [4.69, 9.17) is 9.72 Å². The van der Waals surface area contributed by atoms with Crippen molar-refractivity contribution in [2.45, 2.75) is 13.0 Å². The predicted octanol–water partition coefficient (Wildman–Crippen LogP) is 5.65. The number of aromatic nitrogens is 1. The highest BCUT2D eigenvalue weighted by atomic mass is 16.6. The highest BCUT2D eigenvalue weighted by molar-refractivity contribution is 6.07. The largest absolute Gasteiger partial charge is 0.497 e. The van der Waals surface area contributed by atoms with Crippen molar-refractivity contribution >= 4 is 22.5 Å². The number of rotatable bonds is 6. The van der Waals surface area contributed by atoms with Gasteiger partial charge >= 0.3 is 0 Å². The minimum atomic E-state index is -0.435. The molecule has 0 fully saturated rings.